The van der Waals surface area contributed by atoms with Crippen LogP contribution >= 0.6 is 11.6 Å². The summed E-state index contributed by atoms with van der Waals surface area (Å²) in [6, 6.07) is 5.28. The number of fused-ring (bicyclic) bond motifs is 1. The minimum atomic E-state index is -0.564. The highest BCUT2D eigenvalue weighted by molar-refractivity contribution is 6.37. The third-order valence-electron chi connectivity index (χ3n) is 5.37. The van der Waals surface area contributed by atoms with Gasteiger partial charge in [0.1, 0.15) is 5.69 Å². The fraction of sp³-hybridized carbons (Fsp3) is 0.474. The number of nitrogens with one attached hydrogen (secondary N) is 3. The van der Waals surface area contributed by atoms with Crippen LogP contribution in [0, 0.1) is 0 Å². The van der Waals surface area contributed by atoms with E-state index in [4.69, 9.17) is 25.8 Å². The number of anilines is 1. The van der Waals surface area contributed by atoms with Gasteiger partial charge in [-0.2, -0.15) is 0 Å². The molecule has 1 aromatic heterocycles. The SMILES string of the molecule is COC(=O)c1[nH]c2cccc(Cl)c2c1NC(=O)C[NH+]1CCC2(CC1)OCCO2. The molecule has 4 rings (SSSR count). The van der Waals surface area contributed by atoms with Crippen molar-refractivity contribution in [2.45, 2.75) is 18.6 Å². The van der Waals surface area contributed by atoms with Crippen LogP contribution < -0.4 is 10.2 Å². The van der Waals surface area contributed by atoms with E-state index < -0.39 is 11.8 Å². The molecule has 2 aliphatic heterocycles. The Hall–Kier alpha value is -2.13. The van der Waals surface area contributed by atoms with Crippen LogP contribution in [0.25, 0.3) is 10.9 Å². The number of aromatic nitrogens is 1. The van der Waals surface area contributed by atoms with Gasteiger partial charge in [-0.3, -0.25) is 4.79 Å². The number of benzene rings is 1. The van der Waals surface area contributed by atoms with Gasteiger partial charge in [-0.1, -0.05) is 17.7 Å². The Morgan fingerprint density at radius 2 is 2.00 bits per heavy atom. The number of carbonyl (C=O) groups excluding carboxylic acids is 2. The quantitative estimate of drug-likeness (QED) is 0.655. The first-order chi connectivity index (χ1) is 13.5. The van der Waals surface area contributed by atoms with Crippen molar-refractivity contribution in [3.8, 4) is 0 Å². The third kappa shape index (κ3) is 3.60. The van der Waals surface area contributed by atoms with Crippen molar-refractivity contribution in [3.63, 3.8) is 0 Å². The topological polar surface area (TPSA) is 94.1 Å². The monoisotopic (exact) mass is 408 g/mol. The maximum Gasteiger partial charge on any atom is 0.356 e. The minimum absolute atomic E-state index is 0.180. The molecule has 8 nitrogen and oxygen atoms in total. The number of quaternary nitrogens is 1. The zero-order valence-corrected chi connectivity index (χ0v) is 16.4. The predicted molar refractivity (Wildman–Crippen MR) is 103 cm³/mol. The molecule has 28 heavy (non-hydrogen) atoms. The lowest BCUT2D eigenvalue weighted by molar-refractivity contribution is -0.900. The van der Waals surface area contributed by atoms with E-state index in [0.29, 0.717) is 34.8 Å². The first-order valence-corrected chi connectivity index (χ1v) is 9.69. The number of H-pyrrole nitrogens is 1. The number of amides is 1. The van der Waals surface area contributed by atoms with Gasteiger partial charge in [0.05, 0.1) is 57.0 Å². The molecule has 1 aromatic carbocycles. The van der Waals surface area contributed by atoms with Gasteiger partial charge >= 0.3 is 5.97 Å². The molecule has 3 heterocycles. The van der Waals surface area contributed by atoms with Gasteiger partial charge in [0.2, 0.25) is 0 Å². The Balaban J connectivity index is 1.48. The smallest absolute Gasteiger partial charge is 0.356 e. The summed E-state index contributed by atoms with van der Waals surface area (Å²) in [6.07, 6.45) is 1.53. The molecule has 2 aromatic rings. The van der Waals surface area contributed by atoms with Crippen molar-refractivity contribution in [2.75, 3.05) is 45.3 Å². The summed E-state index contributed by atoms with van der Waals surface area (Å²) >= 11 is 6.31. The van der Waals surface area contributed by atoms with Crippen LogP contribution in [0.15, 0.2) is 18.2 Å². The summed E-state index contributed by atoms with van der Waals surface area (Å²) in [4.78, 5) is 29.0. The molecule has 2 fully saturated rings. The van der Waals surface area contributed by atoms with Crippen LogP contribution in [0.2, 0.25) is 5.02 Å². The second-order valence-electron chi connectivity index (χ2n) is 7.11. The summed E-state index contributed by atoms with van der Waals surface area (Å²) in [5.41, 5.74) is 1.19. The highest BCUT2D eigenvalue weighted by atomic mass is 35.5. The van der Waals surface area contributed by atoms with E-state index in [0.717, 1.165) is 30.8 Å². The Labute approximate surface area is 167 Å². The largest absolute Gasteiger partial charge is 0.464 e. The number of likely N-dealkylation sites (tertiary alicyclic amines) is 1. The van der Waals surface area contributed by atoms with Crippen LogP contribution in [0.4, 0.5) is 5.69 Å². The predicted octanol–water partition coefficient (Wildman–Crippen LogP) is 0.968. The molecule has 1 amide bonds. The van der Waals surface area contributed by atoms with Gasteiger partial charge in [-0.15, -0.1) is 0 Å². The lowest BCUT2D eigenvalue weighted by Crippen LogP contribution is -3.14. The van der Waals surface area contributed by atoms with Gasteiger partial charge in [0, 0.05) is 10.9 Å². The second kappa shape index (κ2) is 7.71. The van der Waals surface area contributed by atoms with Crippen LogP contribution in [-0.2, 0) is 19.0 Å². The number of ether oxygens (including phenoxy) is 3. The molecule has 0 atom stereocenters. The number of aromatic amines is 1. The molecule has 2 saturated heterocycles. The fourth-order valence-corrected chi connectivity index (χ4v) is 4.21. The Kier molecular flexibility index (Phi) is 5.29. The highest BCUT2D eigenvalue weighted by Gasteiger charge is 2.42. The van der Waals surface area contributed by atoms with Gasteiger partial charge < -0.3 is 29.4 Å². The summed E-state index contributed by atoms with van der Waals surface area (Å²) in [5.74, 6) is -1.21. The molecular formula is C19H23ClN3O5+. The normalized spacial score (nSPS) is 19.2. The molecule has 150 valence electrons. The number of rotatable bonds is 4. The van der Waals surface area contributed by atoms with Crippen molar-refractivity contribution in [1.29, 1.82) is 0 Å². The van der Waals surface area contributed by atoms with Crippen molar-refractivity contribution in [1.82, 2.24) is 4.98 Å². The number of halogens is 1. The van der Waals surface area contributed by atoms with E-state index in [1.807, 2.05) is 0 Å². The highest BCUT2D eigenvalue weighted by Crippen LogP contribution is 2.34. The number of esters is 1. The van der Waals surface area contributed by atoms with Crippen LogP contribution in [0.3, 0.4) is 0 Å². The molecule has 0 saturated carbocycles. The zero-order valence-electron chi connectivity index (χ0n) is 15.6. The standard InChI is InChI=1S/C19H22ClN3O5/c1-26-18(25)17-16(15-12(20)3-2-4-13(15)21-17)22-14(24)11-23-7-5-19(6-8-23)27-9-10-28-19/h2-4,21H,5-11H2,1H3,(H,22,24)/p+1. The minimum Gasteiger partial charge on any atom is -0.464 e. The zero-order chi connectivity index (χ0) is 19.7. The number of hydrogen-bond acceptors (Lipinski definition) is 5. The Bertz CT molecular complexity index is 896. The summed E-state index contributed by atoms with van der Waals surface area (Å²) in [5, 5.41) is 3.90. The number of piperidine rings is 1. The summed E-state index contributed by atoms with van der Waals surface area (Å²) < 4.78 is 16.3. The first kappa shape index (κ1) is 19.2. The molecule has 9 heteroatoms. The molecule has 1 spiro atoms. The Morgan fingerprint density at radius 3 is 2.68 bits per heavy atom. The number of carbonyl (C=O) groups is 2. The van der Waals surface area contributed by atoms with E-state index in [-0.39, 0.29) is 18.1 Å². The van der Waals surface area contributed by atoms with E-state index in [1.54, 1.807) is 18.2 Å². The fourth-order valence-electron chi connectivity index (χ4n) is 3.94. The molecule has 0 bridgehead atoms. The first-order valence-electron chi connectivity index (χ1n) is 9.31. The van der Waals surface area contributed by atoms with E-state index in [2.05, 4.69) is 10.3 Å². The van der Waals surface area contributed by atoms with Crippen molar-refractivity contribution in [2.24, 2.45) is 0 Å². The van der Waals surface area contributed by atoms with Crippen molar-refractivity contribution >= 4 is 40.1 Å². The maximum atomic E-state index is 12.7. The molecule has 2 aliphatic rings. The number of methoxy groups -OCH3 is 1. The lowest BCUT2D eigenvalue weighted by Gasteiger charge is -2.34. The van der Waals surface area contributed by atoms with Gasteiger partial charge in [-0.25, -0.2) is 4.79 Å². The number of hydrogen-bond donors (Lipinski definition) is 3. The molecule has 0 aliphatic carbocycles. The van der Waals surface area contributed by atoms with Crippen LogP contribution in [0.5, 0.6) is 0 Å². The average Bonchev–Trinajstić information content (AvgIpc) is 3.29. The van der Waals surface area contributed by atoms with Gasteiger partial charge in [-0.05, 0) is 12.1 Å². The maximum absolute atomic E-state index is 12.7. The summed E-state index contributed by atoms with van der Waals surface area (Å²) in [7, 11) is 1.29. The molecule has 0 radical (unpaired) electrons. The molecular weight excluding hydrogens is 386 g/mol. The average molecular weight is 409 g/mol. The van der Waals surface area contributed by atoms with Gasteiger partial charge in [0.15, 0.2) is 12.3 Å². The molecule has 0 unspecified atom stereocenters. The summed E-state index contributed by atoms with van der Waals surface area (Å²) in [6.45, 7) is 3.12. The van der Waals surface area contributed by atoms with Gasteiger partial charge in [0.25, 0.3) is 5.91 Å². The van der Waals surface area contributed by atoms with Crippen molar-refractivity contribution < 1.29 is 28.7 Å². The Morgan fingerprint density at radius 1 is 1.29 bits per heavy atom. The third-order valence-corrected chi connectivity index (χ3v) is 5.69. The van der Waals surface area contributed by atoms with E-state index >= 15 is 0 Å². The van der Waals surface area contributed by atoms with Crippen molar-refractivity contribution in [3.05, 3.63) is 28.9 Å². The second-order valence-corrected chi connectivity index (χ2v) is 7.52. The molecule has 3 N–H and O–H groups in total. The van der Waals surface area contributed by atoms with Crippen LogP contribution in [0.1, 0.15) is 23.3 Å². The van der Waals surface area contributed by atoms with E-state index in [9.17, 15) is 9.59 Å². The lowest BCUT2D eigenvalue weighted by atomic mass is 10.0. The van der Waals surface area contributed by atoms with Crippen LogP contribution in [-0.4, -0.2) is 62.6 Å². The van der Waals surface area contributed by atoms with E-state index in [1.165, 1.54) is 7.11 Å².